The zero-order chi connectivity index (χ0) is 22.4. The summed E-state index contributed by atoms with van der Waals surface area (Å²) in [5.41, 5.74) is 6.32. The Balaban J connectivity index is 2.19. The fourth-order valence-corrected chi connectivity index (χ4v) is 3.25. The van der Waals surface area contributed by atoms with Crippen molar-refractivity contribution >= 4 is 23.7 Å². The van der Waals surface area contributed by atoms with Crippen LogP contribution in [0.3, 0.4) is 0 Å². The first kappa shape index (κ1) is 23.1. The third-order valence-corrected chi connectivity index (χ3v) is 4.97. The molecule has 1 aliphatic heterocycles. The monoisotopic (exact) mass is 420 g/mol. The predicted molar refractivity (Wildman–Crippen MR) is 107 cm³/mol. The molecule has 0 radical (unpaired) electrons. The molecule has 2 rings (SSSR count). The van der Waals surface area contributed by atoms with E-state index in [9.17, 15) is 24.3 Å². The number of carboxylic acid groups (broad SMARTS) is 1. The molecule has 30 heavy (non-hydrogen) atoms. The van der Waals surface area contributed by atoms with Gasteiger partial charge in [0, 0.05) is 13.0 Å². The van der Waals surface area contributed by atoms with Crippen LogP contribution in [-0.2, 0) is 25.6 Å². The van der Waals surface area contributed by atoms with Crippen molar-refractivity contribution in [1.82, 2.24) is 15.5 Å². The Morgan fingerprint density at radius 3 is 2.37 bits per heavy atom. The van der Waals surface area contributed by atoms with Crippen molar-refractivity contribution < 1.29 is 29.4 Å². The van der Waals surface area contributed by atoms with Gasteiger partial charge in [-0.1, -0.05) is 12.1 Å². The van der Waals surface area contributed by atoms with E-state index in [2.05, 4.69) is 10.6 Å². The predicted octanol–water partition coefficient (Wildman–Crippen LogP) is -0.653. The van der Waals surface area contributed by atoms with Gasteiger partial charge in [0.2, 0.25) is 17.7 Å². The highest BCUT2D eigenvalue weighted by atomic mass is 16.4. The Hall–Kier alpha value is -3.14. The molecule has 1 heterocycles. The average Bonchev–Trinajstić information content (AvgIpc) is 3.18. The van der Waals surface area contributed by atoms with Gasteiger partial charge in [-0.2, -0.15) is 0 Å². The topological polar surface area (TPSA) is 162 Å². The lowest BCUT2D eigenvalue weighted by Crippen LogP contribution is -2.56. The maximum Gasteiger partial charge on any atom is 0.325 e. The van der Waals surface area contributed by atoms with E-state index in [1.54, 1.807) is 12.1 Å². The van der Waals surface area contributed by atoms with E-state index >= 15 is 0 Å². The Kier molecular flexibility index (Phi) is 7.76. The van der Waals surface area contributed by atoms with E-state index in [0.717, 1.165) is 0 Å². The number of rotatable bonds is 8. The number of hydrogen-bond acceptors (Lipinski definition) is 6. The Morgan fingerprint density at radius 1 is 1.17 bits per heavy atom. The molecule has 0 bridgehead atoms. The van der Waals surface area contributed by atoms with Gasteiger partial charge in [0.25, 0.3) is 0 Å². The van der Waals surface area contributed by atoms with Crippen LogP contribution in [0.2, 0.25) is 0 Å². The minimum absolute atomic E-state index is 0.0741. The number of aromatic hydroxyl groups is 1. The van der Waals surface area contributed by atoms with Crippen LogP contribution in [0.1, 0.15) is 32.3 Å². The van der Waals surface area contributed by atoms with Gasteiger partial charge >= 0.3 is 5.97 Å². The number of likely N-dealkylation sites (tertiary alicyclic amines) is 1. The van der Waals surface area contributed by atoms with E-state index in [-0.39, 0.29) is 12.2 Å². The molecule has 4 unspecified atom stereocenters. The first-order valence-electron chi connectivity index (χ1n) is 9.77. The van der Waals surface area contributed by atoms with Gasteiger partial charge in [-0.25, -0.2) is 0 Å². The average molecular weight is 420 g/mol. The van der Waals surface area contributed by atoms with Crippen LogP contribution in [0.15, 0.2) is 24.3 Å². The van der Waals surface area contributed by atoms with Crippen LogP contribution >= 0.6 is 0 Å². The van der Waals surface area contributed by atoms with Crippen molar-refractivity contribution in [3.63, 3.8) is 0 Å². The minimum Gasteiger partial charge on any atom is -0.508 e. The normalized spacial score (nSPS) is 18.9. The highest BCUT2D eigenvalue weighted by molar-refractivity contribution is 5.94. The van der Waals surface area contributed by atoms with Gasteiger partial charge in [0.15, 0.2) is 0 Å². The number of phenolic OH excluding ortho intramolecular Hbond substituents is 1. The summed E-state index contributed by atoms with van der Waals surface area (Å²) < 4.78 is 0. The van der Waals surface area contributed by atoms with Crippen LogP contribution in [0.5, 0.6) is 5.75 Å². The number of nitrogens with two attached hydrogens (primary N) is 1. The molecule has 10 heteroatoms. The van der Waals surface area contributed by atoms with Gasteiger partial charge in [-0.05, 0) is 44.4 Å². The van der Waals surface area contributed by atoms with Crippen molar-refractivity contribution in [1.29, 1.82) is 0 Å². The summed E-state index contributed by atoms with van der Waals surface area (Å²) in [6.45, 7) is 3.16. The Morgan fingerprint density at radius 2 is 1.80 bits per heavy atom. The van der Waals surface area contributed by atoms with E-state index in [0.29, 0.717) is 24.9 Å². The standard InChI is InChI=1S/C20H28N4O6/c1-11(21)17(26)23-15(10-13-5-7-14(25)8-6-13)19(28)24-9-3-4-16(24)18(27)22-12(2)20(29)30/h5-8,11-12,15-16,25H,3-4,9-10,21H2,1-2H3,(H,22,27)(H,23,26)(H,29,30). The van der Waals surface area contributed by atoms with Gasteiger partial charge in [-0.3, -0.25) is 19.2 Å². The summed E-state index contributed by atoms with van der Waals surface area (Å²) in [4.78, 5) is 50.3. The number of carbonyl (C=O) groups is 4. The van der Waals surface area contributed by atoms with Crippen molar-refractivity contribution in [2.24, 2.45) is 5.73 Å². The molecule has 1 aliphatic rings. The first-order chi connectivity index (χ1) is 14.1. The SMILES string of the molecule is CC(N)C(=O)NC(Cc1ccc(O)cc1)C(=O)N1CCCC1C(=O)NC(C)C(=O)O. The molecule has 1 fully saturated rings. The number of phenols is 1. The molecule has 164 valence electrons. The third-order valence-electron chi connectivity index (χ3n) is 4.97. The van der Waals surface area contributed by atoms with Gasteiger partial charge in [0.1, 0.15) is 23.9 Å². The quantitative estimate of drug-likeness (QED) is 0.373. The number of carboxylic acids is 1. The number of aliphatic carboxylic acids is 1. The van der Waals surface area contributed by atoms with E-state index in [1.807, 2.05) is 0 Å². The maximum atomic E-state index is 13.2. The minimum atomic E-state index is -1.17. The number of carbonyl (C=O) groups excluding carboxylic acids is 3. The van der Waals surface area contributed by atoms with Crippen molar-refractivity contribution in [2.75, 3.05) is 6.54 Å². The third kappa shape index (κ3) is 5.93. The van der Waals surface area contributed by atoms with E-state index in [4.69, 9.17) is 10.8 Å². The van der Waals surface area contributed by atoms with Crippen LogP contribution in [0.4, 0.5) is 0 Å². The summed E-state index contributed by atoms with van der Waals surface area (Å²) in [5, 5.41) is 23.5. The number of hydrogen-bond donors (Lipinski definition) is 5. The second-order valence-corrected chi connectivity index (χ2v) is 7.48. The zero-order valence-corrected chi connectivity index (χ0v) is 17.0. The Bertz CT molecular complexity index is 795. The molecule has 6 N–H and O–H groups in total. The molecule has 1 aromatic carbocycles. The molecular weight excluding hydrogens is 392 g/mol. The molecule has 0 saturated carbocycles. The molecule has 0 aromatic heterocycles. The van der Waals surface area contributed by atoms with Crippen LogP contribution in [0, 0.1) is 0 Å². The highest BCUT2D eigenvalue weighted by Gasteiger charge is 2.38. The van der Waals surface area contributed by atoms with Crippen molar-refractivity contribution in [3.05, 3.63) is 29.8 Å². The second kappa shape index (κ2) is 10.1. The van der Waals surface area contributed by atoms with Gasteiger partial charge in [0.05, 0.1) is 6.04 Å². The number of nitrogens with one attached hydrogen (secondary N) is 2. The number of nitrogens with zero attached hydrogens (tertiary/aromatic N) is 1. The highest BCUT2D eigenvalue weighted by Crippen LogP contribution is 2.20. The summed E-state index contributed by atoms with van der Waals surface area (Å²) in [6.07, 6.45) is 1.13. The van der Waals surface area contributed by atoms with E-state index in [1.165, 1.54) is 30.9 Å². The second-order valence-electron chi connectivity index (χ2n) is 7.48. The lowest BCUT2D eigenvalue weighted by atomic mass is 10.0. The molecule has 1 aromatic rings. The largest absolute Gasteiger partial charge is 0.508 e. The maximum absolute atomic E-state index is 13.2. The van der Waals surface area contributed by atoms with E-state index < -0.39 is 47.9 Å². The molecule has 3 amide bonds. The number of amides is 3. The molecule has 10 nitrogen and oxygen atoms in total. The summed E-state index contributed by atoms with van der Waals surface area (Å²) in [6, 6.07) is 2.54. The Labute approximate surface area is 174 Å². The first-order valence-corrected chi connectivity index (χ1v) is 9.77. The van der Waals surface area contributed by atoms with Crippen molar-refractivity contribution in [2.45, 2.75) is 57.3 Å². The molecule has 1 saturated heterocycles. The lowest BCUT2D eigenvalue weighted by Gasteiger charge is -2.29. The molecule has 4 atom stereocenters. The summed E-state index contributed by atoms with van der Waals surface area (Å²) in [7, 11) is 0. The molecule has 0 aliphatic carbocycles. The van der Waals surface area contributed by atoms with Gasteiger partial charge < -0.3 is 31.5 Å². The zero-order valence-electron chi connectivity index (χ0n) is 17.0. The van der Waals surface area contributed by atoms with Crippen molar-refractivity contribution in [3.8, 4) is 5.75 Å². The molecular formula is C20H28N4O6. The smallest absolute Gasteiger partial charge is 0.325 e. The number of benzene rings is 1. The lowest BCUT2D eigenvalue weighted by molar-refractivity contribution is -0.144. The molecule has 0 spiro atoms. The summed E-state index contributed by atoms with van der Waals surface area (Å²) >= 11 is 0. The fourth-order valence-electron chi connectivity index (χ4n) is 3.25. The van der Waals surface area contributed by atoms with Crippen LogP contribution < -0.4 is 16.4 Å². The summed E-state index contributed by atoms with van der Waals surface area (Å²) in [5.74, 6) is -2.60. The van der Waals surface area contributed by atoms with Crippen LogP contribution in [-0.4, -0.2) is 69.5 Å². The fraction of sp³-hybridized carbons (Fsp3) is 0.500. The van der Waals surface area contributed by atoms with Gasteiger partial charge in [-0.15, -0.1) is 0 Å². The van der Waals surface area contributed by atoms with Crippen LogP contribution in [0.25, 0.3) is 0 Å².